The molecule has 2 saturated carbocycles. The highest BCUT2D eigenvalue weighted by Gasteiger charge is 2.69. The number of phenols is 2. The molecule has 4 aliphatic rings. The van der Waals surface area contributed by atoms with Crippen molar-refractivity contribution in [3.05, 3.63) is 34.9 Å². The molecule has 1 aromatic rings. The van der Waals surface area contributed by atoms with E-state index in [1.807, 2.05) is 13.0 Å². The highest BCUT2D eigenvalue weighted by molar-refractivity contribution is 5.96. The van der Waals surface area contributed by atoms with Gasteiger partial charge in [0.25, 0.3) is 0 Å². The van der Waals surface area contributed by atoms with Gasteiger partial charge >= 0.3 is 0 Å². The molecule has 7 unspecified atom stereocenters. The van der Waals surface area contributed by atoms with Crippen LogP contribution in [0, 0.1) is 33.5 Å². The highest BCUT2D eigenvalue weighted by atomic mass is 16.3. The molecule has 0 heterocycles. The fraction of sp³-hybridized carbons (Fsp3) is 0.571. The number of rotatable bonds is 1. The maximum absolute atomic E-state index is 12.7. The van der Waals surface area contributed by atoms with Gasteiger partial charge in [0.1, 0.15) is 6.10 Å². The maximum Gasteiger partial charge on any atom is 0.168 e. The van der Waals surface area contributed by atoms with Gasteiger partial charge in [-0.2, -0.15) is 0 Å². The Morgan fingerprint density at radius 3 is 2.48 bits per heavy atom. The summed E-state index contributed by atoms with van der Waals surface area (Å²) < 4.78 is 0. The quantitative estimate of drug-likeness (QED) is 0.407. The lowest BCUT2D eigenvalue weighted by Crippen LogP contribution is -2.66. The number of hydrogen-bond acceptors (Lipinski definition) is 5. The Bertz CT molecular complexity index is 1150. The van der Waals surface area contributed by atoms with Crippen LogP contribution < -0.4 is 0 Å². The molecule has 0 bridgehead atoms. The molecule has 5 heteroatoms. The summed E-state index contributed by atoms with van der Waals surface area (Å²) in [5.74, 6) is -0.662. The number of carbonyl (C=O) groups excluding carboxylic acids is 2. The van der Waals surface area contributed by atoms with Gasteiger partial charge < -0.3 is 15.3 Å². The lowest BCUT2D eigenvalue weighted by atomic mass is 9.34. The summed E-state index contributed by atoms with van der Waals surface area (Å²) in [4.78, 5) is 24.5. The number of aromatic hydroxyl groups is 2. The lowest BCUT2D eigenvalue weighted by Gasteiger charge is -2.70. The van der Waals surface area contributed by atoms with Crippen LogP contribution in [0.3, 0.4) is 0 Å². The van der Waals surface area contributed by atoms with Crippen LogP contribution in [0.15, 0.2) is 18.2 Å². The van der Waals surface area contributed by atoms with E-state index in [1.165, 1.54) is 0 Å². The zero-order valence-electron chi connectivity index (χ0n) is 20.1. The molecule has 0 saturated heterocycles. The molecule has 1 aromatic carbocycles. The number of benzene rings is 1. The van der Waals surface area contributed by atoms with Crippen molar-refractivity contribution < 1.29 is 24.9 Å². The maximum atomic E-state index is 12.7. The van der Waals surface area contributed by atoms with E-state index in [0.29, 0.717) is 11.8 Å². The molecule has 0 aromatic heterocycles. The number of phenolic OH excluding ortho intramolecular Hbond substituents is 2. The molecule has 4 aliphatic carbocycles. The summed E-state index contributed by atoms with van der Waals surface area (Å²) in [5, 5.41) is 31.7. The van der Waals surface area contributed by atoms with Gasteiger partial charge in [0.15, 0.2) is 23.6 Å². The number of carbonyl (C=O) groups is 2. The Morgan fingerprint density at radius 2 is 1.82 bits per heavy atom. The van der Waals surface area contributed by atoms with E-state index in [9.17, 15) is 24.9 Å². The first-order chi connectivity index (χ1) is 15.4. The number of Topliss-reactive ketones (excluding diaryl/α,β-unsaturated/α-hetero) is 1. The minimum Gasteiger partial charge on any atom is -0.504 e. The van der Waals surface area contributed by atoms with E-state index in [2.05, 4.69) is 39.8 Å². The van der Waals surface area contributed by atoms with Crippen LogP contribution in [-0.2, 0) is 4.79 Å². The zero-order valence-corrected chi connectivity index (χ0v) is 20.1. The molecular weight excluding hydrogens is 416 g/mol. The fourth-order valence-electron chi connectivity index (χ4n) is 8.18. The molecule has 5 rings (SSSR count). The summed E-state index contributed by atoms with van der Waals surface area (Å²) in [6.45, 7) is 10.9. The largest absolute Gasteiger partial charge is 0.504 e. The average Bonchev–Trinajstić information content (AvgIpc) is 2.77. The average molecular weight is 451 g/mol. The van der Waals surface area contributed by atoms with Crippen molar-refractivity contribution in [3.63, 3.8) is 0 Å². The molecule has 7 atom stereocenters. The molecule has 0 aliphatic heterocycles. The number of aliphatic hydroxyl groups excluding tert-OH is 1. The molecular formula is C28H34O5. The molecule has 3 N–H and O–H groups in total. The van der Waals surface area contributed by atoms with Crippen molar-refractivity contribution >= 4 is 23.7 Å². The van der Waals surface area contributed by atoms with Gasteiger partial charge in [-0.05, 0) is 65.2 Å². The molecule has 0 radical (unpaired) electrons. The fourth-order valence-corrected chi connectivity index (χ4v) is 8.18. The standard InChI is InChI=1S/C28H34O5/c1-15-12-21-25(2,24(33)22(15)31)10-11-28(5)26(3)8-6-16-17(19(26)7-9-27(21,28)4)13-20(30)23(32)18(16)14-29/h6-8,13-15,21,24,30,32-33H,9-12H2,1-5H3. The van der Waals surface area contributed by atoms with Crippen molar-refractivity contribution in [2.24, 2.45) is 33.5 Å². The number of ketones is 1. The second kappa shape index (κ2) is 6.59. The van der Waals surface area contributed by atoms with Crippen molar-refractivity contribution in [1.29, 1.82) is 0 Å². The summed E-state index contributed by atoms with van der Waals surface area (Å²) in [6.07, 6.45) is 9.18. The summed E-state index contributed by atoms with van der Waals surface area (Å²) in [5.41, 5.74) is 1.49. The molecule has 5 nitrogen and oxygen atoms in total. The smallest absolute Gasteiger partial charge is 0.168 e. The Balaban J connectivity index is 1.71. The molecule has 2 fully saturated rings. The highest BCUT2D eigenvalue weighted by Crippen LogP contribution is 2.75. The van der Waals surface area contributed by atoms with E-state index < -0.39 is 11.5 Å². The number of fused-ring (bicyclic) bond motifs is 7. The molecule has 176 valence electrons. The topological polar surface area (TPSA) is 94.8 Å². The van der Waals surface area contributed by atoms with Gasteiger partial charge in [-0.1, -0.05) is 52.8 Å². The number of aliphatic hydroxyl groups is 1. The normalized spacial score (nSPS) is 43.6. The predicted octanol–water partition coefficient (Wildman–Crippen LogP) is 5.13. The van der Waals surface area contributed by atoms with Gasteiger partial charge in [0.05, 0.1) is 5.56 Å². The van der Waals surface area contributed by atoms with Crippen LogP contribution in [0.5, 0.6) is 11.5 Å². The third kappa shape index (κ3) is 2.42. The van der Waals surface area contributed by atoms with Crippen LogP contribution in [-0.4, -0.2) is 33.5 Å². The van der Waals surface area contributed by atoms with Gasteiger partial charge in [-0.15, -0.1) is 0 Å². The van der Waals surface area contributed by atoms with E-state index in [1.54, 1.807) is 6.07 Å². The van der Waals surface area contributed by atoms with Crippen molar-refractivity contribution in [1.82, 2.24) is 0 Å². The van der Waals surface area contributed by atoms with Gasteiger partial charge in [-0.25, -0.2) is 0 Å². The van der Waals surface area contributed by atoms with Crippen molar-refractivity contribution in [2.75, 3.05) is 0 Å². The van der Waals surface area contributed by atoms with E-state index in [4.69, 9.17) is 0 Å². The zero-order chi connectivity index (χ0) is 24.1. The van der Waals surface area contributed by atoms with E-state index >= 15 is 0 Å². The second-order valence-electron chi connectivity index (χ2n) is 11.8. The first kappa shape index (κ1) is 22.4. The van der Waals surface area contributed by atoms with E-state index in [-0.39, 0.29) is 50.9 Å². The second-order valence-corrected chi connectivity index (χ2v) is 11.8. The van der Waals surface area contributed by atoms with Crippen LogP contribution in [0.25, 0.3) is 11.6 Å². The lowest BCUT2D eigenvalue weighted by molar-refractivity contribution is -0.202. The SMILES string of the molecule is CC1CC2C(C)(CCC3(C)C4(C)C=Cc5c(cc(O)c(O)c5C=O)C4=CCC23C)C(O)C1=O. The van der Waals surface area contributed by atoms with Crippen LogP contribution in [0.1, 0.15) is 81.8 Å². The Hall–Kier alpha value is -2.40. The Labute approximate surface area is 195 Å². The van der Waals surface area contributed by atoms with Crippen LogP contribution in [0.4, 0.5) is 0 Å². The Kier molecular flexibility index (Phi) is 4.47. The van der Waals surface area contributed by atoms with Crippen LogP contribution in [0.2, 0.25) is 0 Å². The minimum absolute atomic E-state index is 0.0256. The summed E-state index contributed by atoms with van der Waals surface area (Å²) in [7, 11) is 0. The third-order valence-corrected chi connectivity index (χ3v) is 10.7. The minimum atomic E-state index is -0.927. The predicted molar refractivity (Wildman–Crippen MR) is 127 cm³/mol. The first-order valence-corrected chi connectivity index (χ1v) is 12.0. The Morgan fingerprint density at radius 1 is 1.12 bits per heavy atom. The summed E-state index contributed by atoms with van der Waals surface area (Å²) in [6, 6.07) is 1.58. The molecule has 33 heavy (non-hydrogen) atoms. The van der Waals surface area contributed by atoms with Crippen molar-refractivity contribution in [3.8, 4) is 11.5 Å². The monoisotopic (exact) mass is 450 g/mol. The van der Waals surface area contributed by atoms with E-state index in [0.717, 1.165) is 36.8 Å². The van der Waals surface area contributed by atoms with Crippen molar-refractivity contribution in [2.45, 2.75) is 66.4 Å². The first-order valence-electron chi connectivity index (χ1n) is 12.0. The number of aldehydes is 1. The molecule has 0 amide bonds. The van der Waals surface area contributed by atoms with Gasteiger partial charge in [0, 0.05) is 16.7 Å². The van der Waals surface area contributed by atoms with Gasteiger partial charge in [-0.3, -0.25) is 9.59 Å². The number of hydrogen-bond donors (Lipinski definition) is 3. The third-order valence-electron chi connectivity index (χ3n) is 10.7. The summed E-state index contributed by atoms with van der Waals surface area (Å²) >= 11 is 0. The van der Waals surface area contributed by atoms with Gasteiger partial charge in [0.2, 0.25) is 0 Å². The van der Waals surface area contributed by atoms with Crippen LogP contribution >= 0.6 is 0 Å². The number of allylic oxidation sites excluding steroid dienone is 3. The molecule has 0 spiro atoms.